The quantitative estimate of drug-likeness (QED) is 0.524. The lowest BCUT2D eigenvalue weighted by Crippen LogP contribution is -2.39. The second kappa shape index (κ2) is 4.92. The Balaban J connectivity index is 3.00. The zero-order valence-electron chi connectivity index (χ0n) is 10.2. The first-order valence-electron chi connectivity index (χ1n) is 5.31. The van der Waals surface area contributed by atoms with Gasteiger partial charge in [-0.2, -0.15) is 4.57 Å². The van der Waals surface area contributed by atoms with Gasteiger partial charge in [-0.05, 0) is 31.1 Å². The van der Waals surface area contributed by atoms with E-state index in [9.17, 15) is 0 Å². The van der Waals surface area contributed by atoms with Crippen molar-refractivity contribution in [2.75, 3.05) is 0 Å². The Labute approximate surface area is 92.8 Å². The first kappa shape index (κ1) is 11.7. The Kier molecular flexibility index (Phi) is 3.84. The molecule has 1 heteroatoms. The number of rotatable bonds is 3. The van der Waals surface area contributed by atoms with Gasteiger partial charge in [0.15, 0.2) is 17.9 Å². The minimum Gasteiger partial charge on any atom is -0.197 e. The van der Waals surface area contributed by atoms with Crippen molar-refractivity contribution >= 4 is 0 Å². The Morgan fingerprint density at radius 2 is 1.80 bits per heavy atom. The zero-order chi connectivity index (χ0) is 11.4. The van der Waals surface area contributed by atoms with Gasteiger partial charge in [0.05, 0.1) is 0 Å². The number of pyridine rings is 1. The molecule has 0 aromatic carbocycles. The Morgan fingerprint density at radius 1 is 1.27 bits per heavy atom. The summed E-state index contributed by atoms with van der Waals surface area (Å²) in [5.41, 5.74) is 5.16. The van der Waals surface area contributed by atoms with Crippen LogP contribution in [0.5, 0.6) is 0 Å². The second-order valence-corrected chi connectivity index (χ2v) is 4.08. The van der Waals surface area contributed by atoms with Gasteiger partial charge < -0.3 is 0 Å². The number of hydrogen-bond donors (Lipinski definition) is 0. The van der Waals surface area contributed by atoms with Crippen molar-refractivity contribution < 1.29 is 4.57 Å². The summed E-state index contributed by atoms with van der Waals surface area (Å²) in [5.74, 6) is 0. The average molecular weight is 202 g/mol. The molecule has 80 valence electrons. The third-order valence-electron chi connectivity index (χ3n) is 2.64. The fraction of sp³-hybridized carbons (Fsp3) is 0.357. The van der Waals surface area contributed by atoms with E-state index in [0.717, 1.165) is 6.54 Å². The molecule has 1 aromatic heterocycles. The Hall–Kier alpha value is -1.37. The van der Waals surface area contributed by atoms with Crippen LogP contribution in [0.15, 0.2) is 36.4 Å². The van der Waals surface area contributed by atoms with E-state index in [4.69, 9.17) is 0 Å². The molecule has 1 nitrogen and oxygen atoms in total. The minimum absolute atomic E-state index is 0.926. The molecular formula is C14H20N+. The predicted octanol–water partition coefficient (Wildman–Crippen LogP) is 3.03. The summed E-state index contributed by atoms with van der Waals surface area (Å²) in [7, 11) is 0. The highest BCUT2D eigenvalue weighted by molar-refractivity contribution is 5.14. The maximum absolute atomic E-state index is 3.75. The van der Waals surface area contributed by atoms with Gasteiger partial charge in [0.1, 0.15) is 0 Å². The minimum atomic E-state index is 0.926. The van der Waals surface area contributed by atoms with Crippen molar-refractivity contribution in [2.24, 2.45) is 0 Å². The van der Waals surface area contributed by atoms with Crippen LogP contribution >= 0.6 is 0 Å². The molecule has 15 heavy (non-hydrogen) atoms. The SMILES string of the molecule is C=C/C(C)=C\C[n+]1c(C)cc(C)cc1C. The largest absolute Gasteiger partial charge is 0.197 e. The predicted molar refractivity (Wildman–Crippen MR) is 64.8 cm³/mol. The highest BCUT2D eigenvalue weighted by atomic mass is 15.0. The number of hydrogen-bond acceptors (Lipinski definition) is 0. The summed E-state index contributed by atoms with van der Waals surface area (Å²) in [6.07, 6.45) is 4.09. The van der Waals surface area contributed by atoms with E-state index in [1.165, 1.54) is 22.5 Å². The van der Waals surface area contributed by atoms with Gasteiger partial charge in [0.25, 0.3) is 0 Å². The molecule has 0 amide bonds. The summed E-state index contributed by atoms with van der Waals surface area (Å²) in [4.78, 5) is 0. The number of nitrogens with zero attached hydrogens (tertiary/aromatic N) is 1. The van der Waals surface area contributed by atoms with Gasteiger partial charge in [-0.25, -0.2) is 0 Å². The molecule has 0 fully saturated rings. The van der Waals surface area contributed by atoms with Gasteiger partial charge in [0, 0.05) is 26.0 Å². The molecule has 0 unspecified atom stereocenters. The first-order chi connectivity index (χ1) is 7.04. The molecule has 0 saturated heterocycles. The van der Waals surface area contributed by atoms with Crippen LogP contribution in [-0.2, 0) is 6.54 Å². The number of aromatic nitrogens is 1. The van der Waals surface area contributed by atoms with E-state index in [-0.39, 0.29) is 0 Å². The monoisotopic (exact) mass is 202 g/mol. The molecule has 0 aliphatic heterocycles. The molecule has 0 radical (unpaired) electrons. The molecule has 0 aliphatic rings. The Morgan fingerprint density at radius 3 is 2.27 bits per heavy atom. The summed E-state index contributed by atoms with van der Waals surface area (Å²) >= 11 is 0. The van der Waals surface area contributed by atoms with Crippen LogP contribution in [0.25, 0.3) is 0 Å². The van der Waals surface area contributed by atoms with Crippen LogP contribution in [0.2, 0.25) is 0 Å². The molecule has 1 heterocycles. The fourth-order valence-corrected chi connectivity index (χ4v) is 1.74. The molecule has 0 bridgehead atoms. The van der Waals surface area contributed by atoms with Crippen LogP contribution < -0.4 is 4.57 Å². The van der Waals surface area contributed by atoms with E-state index in [0.29, 0.717) is 0 Å². The fourth-order valence-electron chi connectivity index (χ4n) is 1.74. The van der Waals surface area contributed by atoms with Gasteiger partial charge in [-0.1, -0.05) is 12.7 Å². The van der Waals surface area contributed by atoms with Crippen molar-refractivity contribution in [2.45, 2.75) is 34.2 Å². The standard InChI is InChI=1S/C14H20N/c1-6-11(2)7-8-15-13(4)9-12(3)10-14(15)5/h6-7,9-10H,1,8H2,2-5H3/q+1/b11-7-. The van der Waals surface area contributed by atoms with Gasteiger partial charge in [-0.15, -0.1) is 0 Å². The number of allylic oxidation sites excluding steroid dienone is 3. The highest BCUT2D eigenvalue weighted by Crippen LogP contribution is 2.02. The van der Waals surface area contributed by atoms with Crippen molar-refractivity contribution in [3.63, 3.8) is 0 Å². The molecule has 0 aliphatic carbocycles. The van der Waals surface area contributed by atoms with Crippen molar-refractivity contribution in [3.05, 3.63) is 53.4 Å². The summed E-state index contributed by atoms with van der Waals surface area (Å²) in [6, 6.07) is 4.42. The van der Waals surface area contributed by atoms with Crippen LogP contribution in [0.3, 0.4) is 0 Å². The Bertz CT molecular complexity index is 377. The van der Waals surface area contributed by atoms with Gasteiger partial charge in [-0.3, -0.25) is 0 Å². The average Bonchev–Trinajstić information content (AvgIpc) is 2.15. The third-order valence-corrected chi connectivity index (χ3v) is 2.64. The summed E-state index contributed by atoms with van der Waals surface area (Å²) < 4.78 is 2.31. The van der Waals surface area contributed by atoms with E-state index in [2.05, 4.69) is 57.0 Å². The van der Waals surface area contributed by atoms with Gasteiger partial charge >= 0.3 is 0 Å². The lowest BCUT2D eigenvalue weighted by molar-refractivity contribution is -0.699. The molecule has 1 aromatic rings. The first-order valence-corrected chi connectivity index (χ1v) is 5.31. The van der Waals surface area contributed by atoms with E-state index >= 15 is 0 Å². The summed E-state index contributed by atoms with van der Waals surface area (Å²) in [6.45, 7) is 13.2. The summed E-state index contributed by atoms with van der Waals surface area (Å²) in [5, 5.41) is 0. The molecule has 0 spiro atoms. The van der Waals surface area contributed by atoms with Crippen molar-refractivity contribution in [1.29, 1.82) is 0 Å². The van der Waals surface area contributed by atoms with Crippen molar-refractivity contribution in [3.8, 4) is 0 Å². The topological polar surface area (TPSA) is 3.88 Å². The zero-order valence-corrected chi connectivity index (χ0v) is 10.2. The van der Waals surface area contributed by atoms with Crippen LogP contribution in [-0.4, -0.2) is 0 Å². The molecule has 0 N–H and O–H groups in total. The molecular weight excluding hydrogens is 182 g/mol. The third kappa shape index (κ3) is 3.05. The number of aryl methyl sites for hydroxylation is 3. The van der Waals surface area contributed by atoms with Crippen LogP contribution in [0.1, 0.15) is 23.9 Å². The van der Waals surface area contributed by atoms with Gasteiger partial charge in [0.2, 0.25) is 0 Å². The van der Waals surface area contributed by atoms with E-state index in [1.807, 2.05) is 6.08 Å². The maximum atomic E-state index is 3.75. The smallest absolute Gasteiger partial charge is 0.179 e. The van der Waals surface area contributed by atoms with Crippen molar-refractivity contribution in [1.82, 2.24) is 0 Å². The lowest BCUT2D eigenvalue weighted by Gasteiger charge is -2.03. The molecule has 1 rings (SSSR count). The molecule has 0 saturated carbocycles. The lowest BCUT2D eigenvalue weighted by atomic mass is 10.2. The van der Waals surface area contributed by atoms with E-state index < -0.39 is 0 Å². The van der Waals surface area contributed by atoms with Crippen LogP contribution in [0.4, 0.5) is 0 Å². The van der Waals surface area contributed by atoms with Crippen LogP contribution in [0, 0.1) is 20.8 Å². The molecule has 0 atom stereocenters. The van der Waals surface area contributed by atoms with E-state index in [1.54, 1.807) is 0 Å². The normalized spacial score (nSPS) is 11.6. The highest BCUT2D eigenvalue weighted by Gasteiger charge is 2.09. The second-order valence-electron chi connectivity index (χ2n) is 4.08. The maximum Gasteiger partial charge on any atom is 0.179 e.